The van der Waals surface area contributed by atoms with Gasteiger partial charge in [0, 0.05) is 19.4 Å². The lowest BCUT2D eigenvalue weighted by atomic mass is 9.84. The van der Waals surface area contributed by atoms with Gasteiger partial charge in [-0.1, -0.05) is 13.3 Å². The lowest BCUT2D eigenvalue weighted by molar-refractivity contribution is -0.127. The summed E-state index contributed by atoms with van der Waals surface area (Å²) in [6.45, 7) is 4.90. The van der Waals surface area contributed by atoms with Crippen LogP contribution >= 0.6 is 0 Å². The van der Waals surface area contributed by atoms with E-state index in [0.717, 1.165) is 25.9 Å². The van der Waals surface area contributed by atoms with Gasteiger partial charge < -0.3 is 4.74 Å². The molecule has 0 saturated heterocycles. The maximum Gasteiger partial charge on any atom is 0.135 e. The first-order chi connectivity index (χ1) is 5.77. The highest BCUT2D eigenvalue weighted by Gasteiger charge is 2.28. The van der Waals surface area contributed by atoms with E-state index in [2.05, 4.69) is 6.92 Å². The Morgan fingerprint density at radius 3 is 2.83 bits per heavy atom. The van der Waals surface area contributed by atoms with Crippen molar-refractivity contribution >= 4 is 5.78 Å². The van der Waals surface area contributed by atoms with Crippen molar-refractivity contribution in [3.8, 4) is 0 Å². The van der Waals surface area contributed by atoms with Crippen molar-refractivity contribution in [3.05, 3.63) is 0 Å². The van der Waals surface area contributed by atoms with Gasteiger partial charge in [-0.2, -0.15) is 0 Å². The Morgan fingerprint density at radius 2 is 2.25 bits per heavy atom. The third-order valence-corrected chi connectivity index (χ3v) is 2.65. The lowest BCUT2D eigenvalue weighted by Gasteiger charge is -2.29. The standard InChI is InChI=1S/C10H18O2/c1-3-8-5-6-9(11)7-10(8)12-4-2/h8,10H,3-7H2,1-2H3. The smallest absolute Gasteiger partial charge is 0.135 e. The van der Waals surface area contributed by atoms with Crippen LogP contribution in [0.15, 0.2) is 0 Å². The Kier molecular flexibility index (Phi) is 3.73. The number of ether oxygens (including phenoxy) is 1. The van der Waals surface area contributed by atoms with Crippen LogP contribution in [-0.2, 0) is 9.53 Å². The molecule has 0 N–H and O–H groups in total. The molecule has 1 aliphatic carbocycles. The van der Waals surface area contributed by atoms with E-state index >= 15 is 0 Å². The molecule has 1 fully saturated rings. The molecule has 0 bridgehead atoms. The molecule has 1 saturated carbocycles. The van der Waals surface area contributed by atoms with Crippen molar-refractivity contribution < 1.29 is 9.53 Å². The van der Waals surface area contributed by atoms with E-state index in [1.165, 1.54) is 0 Å². The van der Waals surface area contributed by atoms with Crippen LogP contribution < -0.4 is 0 Å². The van der Waals surface area contributed by atoms with Crippen LogP contribution in [0.2, 0.25) is 0 Å². The quantitative estimate of drug-likeness (QED) is 0.649. The van der Waals surface area contributed by atoms with Gasteiger partial charge in [-0.05, 0) is 19.3 Å². The van der Waals surface area contributed by atoms with Crippen LogP contribution in [0, 0.1) is 5.92 Å². The third-order valence-electron chi connectivity index (χ3n) is 2.65. The van der Waals surface area contributed by atoms with E-state index in [-0.39, 0.29) is 6.10 Å². The van der Waals surface area contributed by atoms with Gasteiger partial charge >= 0.3 is 0 Å². The third kappa shape index (κ3) is 2.31. The summed E-state index contributed by atoms with van der Waals surface area (Å²) in [7, 11) is 0. The van der Waals surface area contributed by atoms with Gasteiger partial charge in [0.1, 0.15) is 5.78 Å². The van der Waals surface area contributed by atoms with Crippen LogP contribution in [0.1, 0.15) is 39.5 Å². The monoisotopic (exact) mass is 170 g/mol. The molecule has 2 unspecified atom stereocenters. The van der Waals surface area contributed by atoms with E-state index in [1.54, 1.807) is 0 Å². The number of rotatable bonds is 3. The van der Waals surface area contributed by atoms with E-state index < -0.39 is 0 Å². The average Bonchev–Trinajstić information content (AvgIpc) is 2.05. The summed E-state index contributed by atoms with van der Waals surface area (Å²) in [5, 5.41) is 0. The molecule has 0 spiro atoms. The van der Waals surface area contributed by atoms with Crippen LogP contribution in [0.3, 0.4) is 0 Å². The fourth-order valence-electron chi connectivity index (χ4n) is 1.90. The molecule has 1 rings (SSSR count). The molecule has 0 aromatic rings. The Morgan fingerprint density at radius 1 is 1.50 bits per heavy atom. The summed E-state index contributed by atoms with van der Waals surface area (Å²) >= 11 is 0. The first-order valence-electron chi connectivity index (χ1n) is 4.91. The van der Waals surface area contributed by atoms with Gasteiger partial charge in [0.05, 0.1) is 6.10 Å². The average molecular weight is 170 g/mol. The molecule has 0 heterocycles. The van der Waals surface area contributed by atoms with Crippen molar-refractivity contribution in [2.75, 3.05) is 6.61 Å². The SMILES string of the molecule is CCOC1CC(=O)CCC1CC. The molecule has 2 nitrogen and oxygen atoms in total. The first-order valence-corrected chi connectivity index (χ1v) is 4.91. The first kappa shape index (κ1) is 9.72. The van der Waals surface area contributed by atoms with Crippen LogP contribution in [0.5, 0.6) is 0 Å². The van der Waals surface area contributed by atoms with Crippen molar-refractivity contribution in [3.63, 3.8) is 0 Å². The van der Waals surface area contributed by atoms with E-state index in [4.69, 9.17) is 4.74 Å². The zero-order chi connectivity index (χ0) is 8.97. The van der Waals surface area contributed by atoms with Gasteiger partial charge in [-0.15, -0.1) is 0 Å². The molecule has 0 aliphatic heterocycles. The maximum absolute atomic E-state index is 11.1. The van der Waals surface area contributed by atoms with Crippen LogP contribution in [0.4, 0.5) is 0 Å². The maximum atomic E-state index is 11.1. The molecule has 70 valence electrons. The molecule has 0 radical (unpaired) electrons. The minimum absolute atomic E-state index is 0.209. The molecular weight excluding hydrogens is 152 g/mol. The van der Waals surface area contributed by atoms with Crippen molar-refractivity contribution in [1.29, 1.82) is 0 Å². The minimum Gasteiger partial charge on any atom is -0.378 e. The molecule has 1 aliphatic rings. The summed E-state index contributed by atoms with van der Waals surface area (Å²) in [5.74, 6) is 0.987. The van der Waals surface area contributed by atoms with E-state index in [9.17, 15) is 4.79 Å². The number of carbonyl (C=O) groups is 1. The van der Waals surface area contributed by atoms with Crippen molar-refractivity contribution in [2.24, 2.45) is 5.92 Å². The lowest BCUT2D eigenvalue weighted by Crippen LogP contribution is -2.31. The van der Waals surface area contributed by atoms with Gasteiger partial charge in [-0.25, -0.2) is 0 Å². The Labute approximate surface area is 74.3 Å². The Balaban J connectivity index is 2.45. The van der Waals surface area contributed by atoms with Crippen LogP contribution in [0.25, 0.3) is 0 Å². The van der Waals surface area contributed by atoms with Crippen LogP contribution in [-0.4, -0.2) is 18.5 Å². The highest BCUT2D eigenvalue weighted by molar-refractivity contribution is 5.79. The fraction of sp³-hybridized carbons (Fsp3) is 0.900. The zero-order valence-electron chi connectivity index (χ0n) is 8.01. The van der Waals surface area contributed by atoms with Gasteiger partial charge in [0.2, 0.25) is 0 Å². The summed E-state index contributed by atoms with van der Waals surface area (Å²) in [4.78, 5) is 11.1. The largest absolute Gasteiger partial charge is 0.378 e. The Hall–Kier alpha value is -0.370. The normalized spacial score (nSPS) is 30.7. The number of carbonyl (C=O) groups excluding carboxylic acids is 1. The highest BCUT2D eigenvalue weighted by atomic mass is 16.5. The number of hydrogen-bond donors (Lipinski definition) is 0. The second-order valence-electron chi connectivity index (χ2n) is 3.44. The number of ketones is 1. The van der Waals surface area contributed by atoms with Gasteiger partial charge in [-0.3, -0.25) is 4.79 Å². The van der Waals surface area contributed by atoms with Crippen molar-refractivity contribution in [2.45, 2.75) is 45.6 Å². The van der Waals surface area contributed by atoms with Crippen molar-refractivity contribution in [1.82, 2.24) is 0 Å². The van der Waals surface area contributed by atoms with Gasteiger partial charge in [0.25, 0.3) is 0 Å². The molecule has 2 atom stereocenters. The fourth-order valence-corrected chi connectivity index (χ4v) is 1.90. The minimum atomic E-state index is 0.209. The van der Waals surface area contributed by atoms with E-state index in [0.29, 0.717) is 18.1 Å². The molecule has 12 heavy (non-hydrogen) atoms. The second kappa shape index (κ2) is 4.61. The van der Waals surface area contributed by atoms with Gasteiger partial charge in [0.15, 0.2) is 0 Å². The predicted octanol–water partition coefficient (Wildman–Crippen LogP) is 2.17. The molecular formula is C10H18O2. The summed E-state index contributed by atoms with van der Waals surface area (Å²) in [6, 6.07) is 0. The Bertz CT molecular complexity index is 154. The molecule has 0 aromatic heterocycles. The molecule has 2 heteroatoms. The molecule has 0 amide bonds. The van der Waals surface area contributed by atoms with E-state index in [1.807, 2.05) is 6.92 Å². The topological polar surface area (TPSA) is 26.3 Å². The molecule has 0 aromatic carbocycles. The number of Topliss-reactive ketones (excluding diaryl/α,β-unsaturated/α-hetero) is 1. The highest BCUT2D eigenvalue weighted by Crippen LogP contribution is 2.26. The number of hydrogen-bond acceptors (Lipinski definition) is 2. The second-order valence-corrected chi connectivity index (χ2v) is 3.44. The zero-order valence-corrected chi connectivity index (χ0v) is 8.01. The summed E-state index contributed by atoms with van der Waals surface area (Å²) < 4.78 is 5.54. The summed E-state index contributed by atoms with van der Waals surface area (Å²) in [6.07, 6.45) is 3.79. The predicted molar refractivity (Wildman–Crippen MR) is 48.1 cm³/mol. The summed E-state index contributed by atoms with van der Waals surface area (Å²) in [5.41, 5.74) is 0.